The van der Waals surface area contributed by atoms with Crippen LogP contribution in [0.15, 0.2) is 12.3 Å². The number of hydrogen-bond acceptors (Lipinski definition) is 2. The van der Waals surface area contributed by atoms with Gasteiger partial charge in [-0.15, -0.1) is 0 Å². The zero-order valence-electron chi connectivity index (χ0n) is 5.26. The number of halogens is 3. The predicted molar refractivity (Wildman–Crippen MR) is 28.9 cm³/mol. The van der Waals surface area contributed by atoms with E-state index >= 15 is 0 Å². The highest BCUT2D eigenvalue weighted by Gasteiger charge is 2.24. The molecule has 0 bridgehead atoms. The van der Waals surface area contributed by atoms with Gasteiger partial charge in [-0.05, 0) is 6.08 Å². The minimum absolute atomic E-state index is 0.482. The van der Waals surface area contributed by atoms with Crippen LogP contribution in [0.25, 0.3) is 0 Å². The Morgan fingerprint density at radius 1 is 1.55 bits per heavy atom. The summed E-state index contributed by atoms with van der Waals surface area (Å²) < 4.78 is 37.7. The maximum atomic E-state index is 11.3. The minimum atomic E-state index is -4.32. The summed E-state index contributed by atoms with van der Waals surface area (Å²) in [4.78, 5) is 9.57. The van der Waals surface area contributed by atoms with Crippen LogP contribution < -0.4 is 0 Å². The molecule has 64 valence electrons. The van der Waals surface area contributed by atoms with Crippen LogP contribution in [-0.2, 0) is 4.74 Å². The summed E-state index contributed by atoms with van der Waals surface area (Å²) >= 11 is 0. The maximum absolute atomic E-state index is 11.3. The molecule has 0 aromatic rings. The van der Waals surface area contributed by atoms with Gasteiger partial charge in [0.15, 0.2) is 0 Å². The van der Waals surface area contributed by atoms with Gasteiger partial charge in [-0.2, -0.15) is 13.2 Å². The number of ether oxygens (including phenoxy) is 1. The van der Waals surface area contributed by atoms with Crippen LogP contribution in [0.1, 0.15) is 6.42 Å². The molecule has 0 aliphatic heterocycles. The quantitative estimate of drug-likeness (QED) is 0.510. The average Bonchev–Trinajstić information content (AvgIpc) is 1.78. The SMILES string of the molecule is O=C(O)OC=CCC(F)(F)F. The Bertz CT molecular complexity index is 161. The zero-order valence-corrected chi connectivity index (χ0v) is 5.26. The molecule has 3 nitrogen and oxygen atoms in total. The Morgan fingerprint density at radius 3 is 2.45 bits per heavy atom. The summed E-state index contributed by atoms with van der Waals surface area (Å²) in [6.07, 6.45) is -6.09. The fourth-order valence-corrected chi connectivity index (χ4v) is 0.288. The Hall–Kier alpha value is -1.20. The number of allylic oxidation sites excluding steroid dienone is 1. The first kappa shape index (κ1) is 9.80. The molecule has 0 atom stereocenters. The lowest BCUT2D eigenvalue weighted by Gasteiger charge is -1.99. The number of carbonyl (C=O) groups is 1. The van der Waals surface area contributed by atoms with Crippen LogP contribution in [-0.4, -0.2) is 17.4 Å². The molecule has 11 heavy (non-hydrogen) atoms. The van der Waals surface area contributed by atoms with E-state index < -0.39 is 18.8 Å². The molecule has 6 heteroatoms. The molecule has 0 saturated heterocycles. The highest BCUT2D eigenvalue weighted by molar-refractivity contribution is 5.57. The fraction of sp³-hybridized carbons (Fsp3) is 0.400. The van der Waals surface area contributed by atoms with Crippen LogP contribution in [0.5, 0.6) is 0 Å². The summed E-state index contributed by atoms with van der Waals surface area (Å²) in [6.45, 7) is 0. The molecule has 0 fully saturated rings. The Labute approximate surface area is 60.1 Å². The normalized spacial score (nSPS) is 11.9. The standard InChI is InChI=1S/C5H5F3O3/c6-5(7,8)2-1-3-11-4(9)10/h1,3H,2H2,(H,9,10). The molecule has 0 radical (unpaired) electrons. The van der Waals surface area contributed by atoms with Crippen molar-refractivity contribution in [3.05, 3.63) is 12.3 Å². The smallest absolute Gasteiger partial charge is 0.449 e. The lowest BCUT2D eigenvalue weighted by molar-refractivity contribution is -0.125. The van der Waals surface area contributed by atoms with Gasteiger partial charge in [-0.3, -0.25) is 0 Å². The third-order valence-corrected chi connectivity index (χ3v) is 0.614. The van der Waals surface area contributed by atoms with E-state index in [1.807, 2.05) is 0 Å². The maximum Gasteiger partial charge on any atom is 0.510 e. The van der Waals surface area contributed by atoms with Gasteiger partial charge in [-0.1, -0.05) is 0 Å². The second kappa shape index (κ2) is 3.85. The second-order valence-corrected chi connectivity index (χ2v) is 1.57. The van der Waals surface area contributed by atoms with E-state index in [1.54, 1.807) is 0 Å². The van der Waals surface area contributed by atoms with Crippen molar-refractivity contribution in [3.63, 3.8) is 0 Å². The van der Waals surface area contributed by atoms with E-state index in [-0.39, 0.29) is 0 Å². The molecule has 0 aliphatic carbocycles. The van der Waals surface area contributed by atoms with Gasteiger partial charge in [0.2, 0.25) is 0 Å². The number of alkyl halides is 3. The van der Waals surface area contributed by atoms with Crippen molar-refractivity contribution in [1.82, 2.24) is 0 Å². The average molecular weight is 170 g/mol. The summed E-state index contributed by atoms with van der Waals surface area (Å²) in [6, 6.07) is 0. The first-order chi connectivity index (χ1) is 4.92. The third kappa shape index (κ3) is 8.80. The van der Waals surface area contributed by atoms with Crippen LogP contribution in [0.4, 0.5) is 18.0 Å². The van der Waals surface area contributed by atoms with Crippen LogP contribution in [0.3, 0.4) is 0 Å². The largest absolute Gasteiger partial charge is 0.510 e. The van der Waals surface area contributed by atoms with Gasteiger partial charge in [0, 0.05) is 0 Å². The van der Waals surface area contributed by atoms with Crippen LogP contribution >= 0.6 is 0 Å². The van der Waals surface area contributed by atoms with E-state index in [9.17, 15) is 18.0 Å². The highest BCUT2D eigenvalue weighted by atomic mass is 19.4. The van der Waals surface area contributed by atoms with Gasteiger partial charge in [0.25, 0.3) is 0 Å². The van der Waals surface area contributed by atoms with Gasteiger partial charge >= 0.3 is 12.3 Å². The summed E-state index contributed by atoms with van der Waals surface area (Å²) in [5.74, 6) is 0. The molecular formula is C5H5F3O3. The lowest BCUT2D eigenvalue weighted by Crippen LogP contribution is -2.04. The van der Waals surface area contributed by atoms with Gasteiger partial charge in [0.05, 0.1) is 12.7 Å². The van der Waals surface area contributed by atoms with Crippen molar-refractivity contribution in [1.29, 1.82) is 0 Å². The van der Waals surface area contributed by atoms with E-state index in [4.69, 9.17) is 5.11 Å². The molecule has 0 aromatic carbocycles. The van der Waals surface area contributed by atoms with E-state index in [0.717, 1.165) is 0 Å². The molecule has 0 saturated carbocycles. The first-order valence-corrected chi connectivity index (χ1v) is 2.53. The molecule has 0 aromatic heterocycles. The Morgan fingerprint density at radius 2 is 2.09 bits per heavy atom. The van der Waals surface area contributed by atoms with Gasteiger partial charge in [-0.25, -0.2) is 4.79 Å². The fourth-order valence-electron chi connectivity index (χ4n) is 0.288. The lowest BCUT2D eigenvalue weighted by atomic mass is 10.4. The van der Waals surface area contributed by atoms with Crippen molar-refractivity contribution >= 4 is 6.16 Å². The topological polar surface area (TPSA) is 46.5 Å². The van der Waals surface area contributed by atoms with E-state index in [1.165, 1.54) is 0 Å². The van der Waals surface area contributed by atoms with Crippen molar-refractivity contribution in [2.24, 2.45) is 0 Å². The van der Waals surface area contributed by atoms with Crippen molar-refractivity contribution in [2.75, 3.05) is 0 Å². The Balaban J connectivity index is 3.53. The second-order valence-electron chi connectivity index (χ2n) is 1.57. The number of rotatable bonds is 2. The molecule has 0 heterocycles. The summed E-state index contributed by atoms with van der Waals surface area (Å²) in [5.41, 5.74) is 0. The molecule has 0 aliphatic rings. The van der Waals surface area contributed by atoms with Gasteiger partial charge in [0.1, 0.15) is 0 Å². The minimum Gasteiger partial charge on any atom is -0.449 e. The Kier molecular flexibility index (Phi) is 3.43. The van der Waals surface area contributed by atoms with Crippen LogP contribution in [0, 0.1) is 0 Å². The molecule has 0 unspecified atom stereocenters. The number of hydrogen-bond donors (Lipinski definition) is 1. The van der Waals surface area contributed by atoms with Gasteiger partial charge < -0.3 is 9.84 Å². The predicted octanol–water partition coefficient (Wildman–Crippen LogP) is 2.15. The number of carboxylic acid groups (broad SMARTS) is 1. The van der Waals surface area contributed by atoms with E-state index in [2.05, 4.69) is 4.74 Å². The van der Waals surface area contributed by atoms with Crippen molar-refractivity contribution < 1.29 is 27.8 Å². The molecule has 0 amide bonds. The molecular weight excluding hydrogens is 165 g/mol. The summed E-state index contributed by atoms with van der Waals surface area (Å²) in [5, 5.41) is 7.79. The summed E-state index contributed by atoms with van der Waals surface area (Å²) in [7, 11) is 0. The van der Waals surface area contributed by atoms with E-state index in [0.29, 0.717) is 12.3 Å². The van der Waals surface area contributed by atoms with Crippen molar-refractivity contribution in [3.8, 4) is 0 Å². The molecule has 1 N–H and O–H groups in total. The van der Waals surface area contributed by atoms with Crippen molar-refractivity contribution in [2.45, 2.75) is 12.6 Å². The van der Waals surface area contributed by atoms with Crippen LogP contribution in [0.2, 0.25) is 0 Å². The highest BCUT2D eigenvalue weighted by Crippen LogP contribution is 2.19. The zero-order chi connectivity index (χ0) is 8.91. The molecule has 0 spiro atoms. The monoisotopic (exact) mass is 170 g/mol. The first-order valence-electron chi connectivity index (χ1n) is 2.53. The third-order valence-electron chi connectivity index (χ3n) is 0.614. The molecule has 0 rings (SSSR count).